The van der Waals surface area contributed by atoms with Crippen molar-refractivity contribution in [2.24, 2.45) is 0 Å². The van der Waals surface area contributed by atoms with Gasteiger partial charge in [0.25, 0.3) is 5.56 Å². The minimum Gasteiger partial charge on any atom is -0.458 e. The summed E-state index contributed by atoms with van der Waals surface area (Å²) in [7, 11) is 0. The lowest BCUT2D eigenvalue weighted by Gasteiger charge is -2.31. The summed E-state index contributed by atoms with van der Waals surface area (Å²) < 4.78 is 21.1. The van der Waals surface area contributed by atoms with Crippen LogP contribution in [0.2, 0.25) is 0 Å². The third-order valence-corrected chi connectivity index (χ3v) is 6.91. The number of nitrogens with zero attached hydrogens (tertiary/aromatic N) is 2. The van der Waals surface area contributed by atoms with Crippen LogP contribution in [0.3, 0.4) is 0 Å². The maximum Gasteiger partial charge on any atom is 0.343 e. The van der Waals surface area contributed by atoms with E-state index in [0.717, 1.165) is 0 Å². The fourth-order valence-corrected chi connectivity index (χ4v) is 4.89. The van der Waals surface area contributed by atoms with Gasteiger partial charge in [0.15, 0.2) is 5.60 Å². The van der Waals surface area contributed by atoms with E-state index >= 15 is 0 Å². The lowest BCUT2D eigenvalue weighted by molar-refractivity contribution is -0.172. The van der Waals surface area contributed by atoms with E-state index in [4.69, 9.17) is 9.84 Å². The number of hydrogen-bond donors (Lipinski definition) is 4. The highest BCUT2D eigenvalue weighted by atomic mass is 19.1. The van der Waals surface area contributed by atoms with Crippen LogP contribution in [0.15, 0.2) is 23.0 Å². The van der Waals surface area contributed by atoms with E-state index < -0.39 is 29.0 Å². The van der Waals surface area contributed by atoms with Gasteiger partial charge in [0, 0.05) is 35.7 Å². The maximum atomic E-state index is 14.5. The Morgan fingerprint density at radius 3 is 2.75 bits per heavy atom. The van der Waals surface area contributed by atoms with Crippen LogP contribution in [-0.2, 0) is 34.8 Å². The van der Waals surface area contributed by atoms with Crippen LogP contribution in [-0.4, -0.2) is 44.9 Å². The Hall–Kier alpha value is -3.83. The van der Waals surface area contributed by atoms with Crippen molar-refractivity contribution in [1.29, 1.82) is 0 Å². The molecule has 2 aliphatic heterocycles. The van der Waals surface area contributed by atoms with Gasteiger partial charge in [0.05, 0.1) is 35.6 Å². The number of ether oxygens (including phenoxy) is 1. The number of benzene rings is 1. The molecule has 2 aliphatic rings. The number of hydrogen-bond acceptors (Lipinski definition) is 7. The van der Waals surface area contributed by atoms with Gasteiger partial charge < -0.3 is 30.2 Å². The van der Waals surface area contributed by atoms with Gasteiger partial charge in [-0.15, -0.1) is 0 Å². The summed E-state index contributed by atoms with van der Waals surface area (Å²) in [6.45, 7) is 3.08. The highest BCUT2D eigenvalue weighted by Gasteiger charge is 2.45. The average Bonchev–Trinajstić information content (AvgIpc) is 3.22. The first-order chi connectivity index (χ1) is 17.2. The van der Waals surface area contributed by atoms with Gasteiger partial charge >= 0.3 is 12.0 Å². The van der Waals surface area contributed by atoms with Crippen molar-refractivity contribution in [3.8, 4) is 11.4 Å². The molecule has 3 aromatic rings. The second-order valence-electron chi connectivity index (χ2n) is 8.97. The molecule has 0 saturated heterocycles. The predicted octanol–water partition coefficient (Wildman–Crippen LogP) is 1.32. The minimum absolute atomic E-state index is 0.0162. The Bertz CT molecular complexity index is 1500. The highest BCUT2D eigenvalue weighted by Crippen LogP contribution is 2.40. The van der Waals surface area contributed by atoms with Crippen LogP contribution >= 0.6 is 0 Å². The number of carbonyl (C=O) groups is 2. The van der Waals surface area contributed by atoms with Gasteiger partial charge in [-0.2, -0.15) is 0 Å². The first-order valence-corrected chi connectivity index (χ1v) is 11.6. The second-order valence-corrected chi connectivity index (χ2v) is 8.97. The molecule has 1 aromatic carbocycles. The first kappa shape index (κ1) is 23.9. The van der Waals surface area contributed by atoms with Crippen molar-refractivity contribution < 1.29 is 28.9 Å². The number of aryl methyl sites for hydroxylation is 1. The van der Waals surface area contributed by atoms with Gasteiger partial charge in [0.2, 0.25) is 0 Å². The smallest absolute Gasteiger partial charge is 0.343 e. The van der Waals surface area contributed by atoms with Crippen molar-refractivity contribution >= 4 is 22.9 Å². The predicted molar refractivity (Wildman–Crippen MR) is 127 cm³/mol. The fraction of sp³-hybridized carbons (Fsp3) is 0.360. The lowest BCUT2D eigenvalue weighted by Crippen LogP contribution is -2.44. The third kappa shape index (κ3) is 3.54. The molecule has 36 heavy (non-hydrogen) atoms. The summed E-state index contributed by atoms with van der Waals surface area (Å²) in [6.07, 6.45) is 0.0162. The van der Waals surface area contributed by atoms with Crippen molar-refractivity contribution in [3.05, 3.63) is 62.2 Å². The summed E-state index contributed by atoms with van der Waals surface area (Å²) in [5, 5.41) is 25.9. The van der Waals surface area contributed by atoms with Gasteiger partial charge in [0.1, 0.15) is 12.4 Å². The van der Waals surface area contributed by atoms with E-state index in [-0.39, 0.29) is 50.4 Å². The van der Waals surface area contributed by atoms with Gasteiger partial charge in [-0.3, -0.25) is 4.79 Å². The summed E-state index contributed by atoms with van der Waals surface area (Å²) in [6, 6.07) is 4.05. The Labute approximate surface area is 204 Å². The van der Waals surface area contributed by atoms with Crippen LogP contribution in [0.1, 0.15) is 41.2 Å². The molecule has 0 unspecified atom stereocenters. The van der Waals surface area contributed by atoms with Crippen LogP contribution in [0.4, 0.5) is 9.18 Å². The number of aliphatic hydroxyl groups excluding tert-OH is 1. The third-order valence-electron chi connectivity index (χ3n) is 6.91. The van der Waals surface area contributed by atoms with Crippen LogP contribution in [0.5, 0.6) is 0 Å². The minimum atomic E-state index is -1.96. The number of pyridine rings is 2. The fourth-order valence-electron chi connectivity index (χ4n) is 4.89. The summed E-state index contributed by atoms with van der Waals surface area (Å²) in [5.41, 5.74) is 0.899. The second kappa shape index (κ2) is 8.68. The molecule has 188 valence electrons. The topological polar surface area (TPSA) is 143 Å². The standard InChI is InChI=1S/C25H25FN4O6/c1-3-25(35)17-7-20-21-15(10-30(20)22(32)16(17)11-36-23(25)33)14(9-28-24(34)27-4-5-31)13-6-12(2)18(26)8-19(13)29-21/h6-8,31,35H,3-5,9-11H2,1-2H3,(H2,27,28,34)/t25-/m0/s1. The molecule has 0 spiro atoms. The van der Waals surface area contributed by atoms with E-state index in [1.165, 1.54) is 10.6 Å². The molecule has 2 amide bonds. The van der Waals surface area contributed by atoms with Crippen molar-refractivity contribution in [2.45, 2.75) is 45.6 Å². The average molecular weight is 496 g/mol. The normalized spacial score (nSPS) is 17.9. The number of urea groups is 1. The van der Waals surface area contributed by atoms with Gasteiger partial charge in [-0.1, -0.05) is 6.92 Å². The molecule has 0 fully saturated rings. The number of aromatic nitrogens is 2. The Morgan fingerprint density at radius 2 is 2.03 bits per heavy atom. The molecule has 0 saturated carbocycles. The largest absolute Gasteiger partial charge is 0.458 e. The van der Waals surface area contributed by atoms with Crippen molar-refractivity contribution in [1.82, 2.24) is 20.2 Å². The number of nitrogens with one attached hydrogen (secondary N) is 2. The number of halogens is 1. The van der Waals surface area contributed by atoms with E-state index in [1.807, 2.05) is 0 Å². The lowest BCUT2D eigenvalue weighted by atomic mass is 9.86. The number of amides is 2. The van der Waals surface area contributed by atoms with E-state index in [9.17, 15) is 23.9 Å². The summed E-state index contributed by atoms with van der Waals surface area (Å²) >= 11 is 0. The zero-order valence-corrected chi connectivity index (χ0v) is 19.8. The van der Waals surface area contributed by atoms with E-state index in [0.29, 0.717) is 39.0 Å². The zero-order valence-electron chi connectivity index (χ0n) is 19.8. The molecule has 11 heteroatoms. The van der Waals surface area contributed by atoms with Crippen LogP contribution in [0, 0.1) is 12.7 Å². The quantitative estimate of drug-likeness (QED) is 0.305. The molecule has 10 nitrogen and oxygen atoms in total. The molecule has 1 atom stereocenters. The number of cyclic esters (lactones) is 1. The number of carbonyl (C=O) groups excluding carboxylic acids is 2. The van der Waals surface area contributed by atoms with Gasteiger partial charge in [-0.25, -0.2) is 19.0 Å². The number of esters is 1. The first-order valence-electron chi connectivity index (χ1n) is 11.6. The van der Waals surface area contributed by atoms with Crippen molar-refractivity contribution in [3.63, 3.8) is 0 Å². The Morgan fingerprint density at radius 1 is 1.25 bits per heavy atom. The number of aliphatic hydroxyl groups is 2. The molecular formula is C25H25FN4O6. The Kier molecular flexibility index (Phi) is 5.76. The van der Waals surface area contributed by atoms with Crippen LogP contribution < -0.4 is 16.2 Å². The molecule has 0 radical (unpaired) electrons. The molecule has 0 aliphatic carbocycles. The molecular weight excluding hydrogens is 471 g/mol. The summed E-state index contributed by atoms with van der Waals surface area (Å²) in [5.74, 6) is -1.26. The SMILES string of the molecule is CC[C@@]1(O)C(=O)OCc2c1cc1n(c2=O)Cc2c-1nc1cc(F)c(C)cc1c2CNC(=O)NCCO. The number of fused-ring (bicyclic) bond motifs is 5. The number of rotatable bonds is 5. The van der Waals surface area contributed by atoms with Gasteiger partial charge in [-0.05, 0) is 36.6 Å². The monoisotopic (exact) mass is 496 g/mol. The van der Waals surface area contributed by atoms with E-state index in [1.54, 1.807) is 26.0 Å². The molecule has 0 bridgehead atoms. The molecule has 2 aromatic heterocycles. The molecule has 4 N–H and O–H groups in total. The van der Waals surface area contributed by atoms with Crippen LogP contribution in [0.25, 0.3) is 22.3 Å². The van der Waals surface area contributed by atoms with Crippen molar-refractivity contribution in [2.75, 3.05) is 13.2 Å². The van der Waals surface area contributed by atoms with E-state index in [2.05, 4.69) is 15.6 Å². The Balaban J connectivity index is 1.71. The zero-order chi connectivity index (χ0) is 25.8. The summed E-state index contributed by atoms with van der Waals surface area (Å²) in [4.78, 5) is 42.7. The highest BCUT2D eigenvalue weighted by molar-refractivity contribution is 5.90. The molecule has 5 rings (SSSR count). The molecule has 4 heterocycles. The maximum absolute atomic E-state index is 14.5.